The van der Waals surface area contributed by atoms with Crippen molar-refractivity contribution in [2.75, 3.05) is 6.61 Å². The van der Waals surface area contributed by atoms with Crippen LogP contribution in [0.5, 0.6) is 5.75 Å². The maximum atomic E-state index is 12.9. The Morgan fingerprint density at radius 2 is 1.81 bits per heavy atom. The predicted octanol–water partition coefficient (Wildman–Crippen LogP) is 2.92. The average molecular weight is 431 g/mol. The molecular weight excluding hydrogens is 406 g/mol. The molecule has 0 unspecified atom stereocenters. The minimum atomic E-state index is -0.254. The Kier molecular flexibility index (Phi) is 6.60. The molecule has 2 aromatic heterocycles. The Morgan fingerprint density at radius 1 is 1.03 bits per heavy atom. The number of fused-ring (bicyclic) bond motifs is 1. The highest BCUT2D eigenvalue weighted by molar-refractivity contribution is 5.75. The maximum absolute atomic E-state index is 12.9. The molecule has 8 nitrogen and oxygen atoms in total. The summed E-state index contributed by atoms with van der Waals surface area (Å²) in [6.45, 7) is 3.02. The molecule has 2 heterocycles. The molecule has 164 valence electrons. The standard InChI is InChI=1S/C24H25N5O3/c1-2-32-20-13-11-19(12-14-20)28-15-16-29-21(26-27-23(29)24(28)31)9-6-10-22(30)25-17-18-7-4-3-5-8-18/h3-5,7-8,11-16H,2,6,9-10,17H2,1H3,(H,25,30). The first kappa shape index (κ1) is 21.3. The quantitative estimate of drug-likeness (QED) is 0.440. The molecule has 0 aliphatic rings. The van der Waals surface area contributed by atoms with Crippen LogP contribution in [0, 0.1) is 0 Å². The van der Waals surface area contributed by atoms with Crippen molar-refractivity contribution in [2.24, 2.45) is 0 Å². The van der Waals surface area contributed by atoms with Gasteiger partial charge in [0.25, 0.3) is 0 Å². The molecule has 0 fully saturated rings. The number of amides is 1. The van der Waals surface area contributed by atoms with Gasteiger partial charge in [0.2, 0.25) is 11.6 Å². The molecule has 0 spiro atoms. The summed E-state index contributed by atoms with van der Waals surface area (Å²) in [7, 11) is 0. The lowest BCUT2D eigenvalue weighted by molar-refractivity contribution is -0.121. The van der Waals surface area contributed by atoms with Gasteiger partial charge in [-0.25, -0.2) is 0 Å². The summed E-state index contributed by atoms with van der Waals surface area (Å²) >= 11 is 0. The van der Waals surface area contributed by atoms with Crippen LogP contribution >= 0.6 is 0 Å². The molecule has 0 aliphatic carbocycles. The maximum Gasteiger partial charge on any atom is 0.300 e. The van der Waals surface area contributed by atoms with Gasteiger partial charge >= 0.3 is 5.56 Å². The third-order valence-electron chi connectivity index (χ3n) is 5.10. The smallest absolute Gasteiger partial charge is 0.300 e. The van der Waals surface area contributed by atoms with Gasteiger partial charge in [-0.3, -0.25) is 18.6 Å². The third-order valence-corrected chi connectivity index (χ3v) is 5.10. The number of carbonyl (C=O) groups excluding carboxylic acids is 1. The third kappa shape index (κ3) is 4.85. The number of hydrogen-bond acceptors (Lipinski definition) is 5. The van der Waals surface area contributed by atoms with E-state index >= 15 is 0 Å². The van der Waals surface area contributed by atoms with Crippen molar-refractivity contribution in [1.82, 2.24) is 24.5 Å². The fraction of sp³-hybridized carbons (Fsp3) is 0.250. The van der Waals surface area contributed by atoms with E-state index in [1.807, 2.05) is 61.5 Å². The van der Waals surface area contributed by atoms with E-state index in [2.05, 4.69) is 15.5 Å². The van der Waals surface area contributed by atoms with E-state index in [1.165, 1.54) is 4.57 Å². The Bertz CT molecular complexity index is 1250. The highest BCUT2D eigenvalue weighted by Gasteiger charge is 2.12. The zero-order chi connectivity index (χ0) is 22.3. The Morgan fingerprint density at radius 3 is 2.56 bits per heavy atom. The topological polar surface area (TPSA) is 90.5 Å². The number of benzene rings is 2. The number of aromatic nitrogens is 4. The monoisotopic (exact) mass is 431 g/mol. The molecule has 4 rings (SSSR count). The van der Waals surface area contributed by atoms with Crippen molar-refractivity contribution in [1.29, 1.82) is 0 Å². The van der Waals surface area contributed by atoms with Crippen molar-refractivity contribution < 1.29 is 9.53 Å². The van der Waals surface area contributed by atoms with Crippen molar-refractivity contribution >= 4 is 11.6 Å². The zero-order valence-electron chi connectivity index (χ0n) is 17.9. The lowest BCUT2D eigenvalue weighted by atomic mass is 10.2. The summed E-state index contributed by atoms with van der Waals surface area (Å²) < 4.78 is 8.67. The molecule has 0 radical (unpaired) electrons. The summed E-state index contributed by atoms with van der Waals surface area (Å²) in [6, 6.07) is 17.1. The molecule has 0 bridgehead atoms. The predicted molar refractivity (Wildman–Crippen MR) is 121 cm³/mol. The fourth-order valence-electron chi connectivity index (χ4n) is 3.47. The molecule has 2 aromatic carbocycles. The molecule has 8 heteroatoms. The van der Waals surface area contributed by atoms with Gasteiger partial charge in [-0.1, -0.05) is 30.3 Å². The molecular formula is C24H25N5O3. The lowest BCUT2D eigenvalue weighted by Crippen LogP contribution is -2.22. The van der Waals surface area contributed by atoms with Gasteiger partial charge in [-0.2, -0.15) is 0 Å². The number of aryl methyl sites for hydroxylation is 1. The number of rotatable bonds is 9. The van der Waals surface area contributed by atoms with E-state index < -0.39 is 0 Å². The number of nitrogens with zero attached hydrogens (tertiary/aromatic N) is 4. The van der Waals surface area contributed by atoms with E-state index in [1.54, 1.807) is 16.8 Å². The van der Waals surface area contributed by atoms with Crippen LogP contribution in [0.25, 0.3) is 11.3 Å². The number of hydrogen-bond donors (Lipinski definition) is 1. The first-order valence-corrected chi connectivity index (χ1v) is 10.6. The minimum absolute atomic E-state index is 0.0134. The van der Waals surface area contributed by atoms with Gasteiger partial charge in [0.1, 0.15) is 11.6 Å². The van der Waals surface area contributed by atoms with E-state index in [9.17, 15) is 9.59 Å². The Balaban J connectivity index is 1.38. The van der Waals surface area contributed by atoms with Crippen LogP contribution in [0.1, 0.15) is 31.2 Å². The van der Waals surface area contributed by atoms with Crippen LogP contribution in [0.3, 0.4) is 0 Å². The highest BCUT2D eigenvalue weighted by atomic mass is 16.5. The van der Waals surface area contributed by atoms with Crippen LogP contribution in [0.15, 0.2) is 71.8 Å². The van der Waals surface area contributed by atoms with Crippen LogP contribution in [-0.2, 0) is 17.8 Å². The van der Waals surface area contributed by atoms with Gasteiger partial charge in [-0.15, -0.1) is 10.2 Å². The Labute approximate surface area is 185 Å². The SMILES string of the molecule is CCOc1ccc(-n2ccn3c(CCCC(=O)NCc4ccccc4)nnc3c2=O)cc1. The molecule has 32 heavy (non-hydrogen) atoms. The van der Waals surface area contributed by atoms with Crippen molar-refractivity contribution in [3.8, 4) is 11.4 Å². The molecule has 0 aliphatic heterocycles. The summed E-state index contributed by atoms with van der Waals surface area (Å²) in [5, 5.41) is 11.2. The molecule has 0 saturated carbocycles. The van der Waals surface area contributed by atoms with Crippen LogP contribution in [-0.4, -0.2) is 31.7 Å². The highest BCUT2D eigenvalue weighted by Crippen LogP contribution is 2.15. The van der Waals surface area contributed by atoms with Gasteiger partial charge in [0.15, 0.2) is 0 Å². The average Bonchev–Trinajstić information content (AvgIpc) is 3.23. The minimum Gasteiger partial charge on any atom is -0.494 e. The first-order chi connectivity index (χ1) is 15.7. The molecule has 1 amide bonds. The summed E-state index contributed by atoms with van der Waals surface area (Å²) in [5.41, 5.74) is 1.79. The van der Waals surface area contributed by atoms with Gasteiger partial charge < -0.3 is 10.1 Å². The van der Waals surface area contributed by atoms with Crippen molar-refractivity contribution in [2.45, 2.75) is 32.7 Å². The second-order valence-corrected chi connectivity index (χ2v) is 7.33. The summed E-state index contributed by atoms with van der Waals surface area (Å²) in [6.07, 6.45) is 5.02. The number of carbonyl (C=O) groups is 1. The van der Waals surface area contributed by atoms with Crippen LogP contribution in [0.2, 0.25) is 0 Å². The zero-order valence-corrected chi connectivity index (χ0v) is 17.9. The van der Waals surface area contributed by atoms with Crippen molar-refractivity contribution in [3.63, 3.8) is 0 Å². The Hall–Kier alpha value is -3.94. The largest absolute Gasteiger partial charge is 0.494 e. The summed E-state index contributed by atoms with van der Waals surface area (Å²) in [5.74, 6) is 1.40. The van der Waals surface area contributed by atoms with Gasteiger partial charge in [0.05, 0.1) is 6.61 Å². The fourth-order valence-corrected chi connectivity index (χ4v) is 3.47. The van der Waals surface area contributed by atoms with Crippen molar-refractivity contribution in [3.05, 3.63) is 88.7 Å². The molecule has 0 atom stereocenters. The van der Waals surface area contributed by atoms with E-state index in [-0.39, 0.29) is 17.1 Å². The van der Waals surface area contributed by atoms with Gasteiger partial charge in [-0.05, 0) is 43.2 Å². The number of nitrogens with one attached hydrogen (secondary N) is 1. The van der Waals surface area contributed by atoms with Gasteiger partial charge in [0, 0.05) is 37.5 Å². The first-order valence-electron chi connectivity index (χ1n) is 10.6. The van der Waals surface area contributed by atoms with Crippen LogP contribution in [0.4, 0.5) is 0 Å². The molecule has 4 aromatic rings. The van der Waals surface area contributed by atoms with E-state index in [0.717, 1.165) is 17.0 Å². The van der Waals surface area contributed by atoms with Crippen LogP contribution < -0.4 is 15.6 Å². The lowest BCUT2D eigenvalue weighted by Gasteiger charge is -2.08. The molecule has 0 saturated heterocycles. The number of ether oxygens (including phenoxy) is 1. The van der Waals surface area contributed by atoms with E-state index in [4.69, 9.17) is 4.74 Å². The second kappa shape index (κ2) is 9.91. The summed E-state index contributed by atoms with van der Waals surface area (Å²) in [4.78, 5) is 25.0. The molecule has 1 N–H and O–H groups in total. The normalized spacial score (nSPS) is 10.9. The second-order valence-electron chi connectivity index (χ2n) is 7.33. The van der Waals surface area contributed by atoms with E-state index in [0.29, 0.717) is 38.2 Å².